The van der Waals surface area contributed by atoms with Crippen LogP contribution in [0.4, 0.5) is 0 Å². The highest BCUT2D eigenvalue weighted by Crippen LogP contribution is 2.37. The molecule has 0 unspecified atom stereocenters. The molecule has 0 radical (unpaired) electrons. The van der Waals surface area contributed by atoms with E-state index in [9.17, 15) is 4.79 Å². The normalized spacial score (nSPS) is 13.9. The van der Waals surface area contributed by atoms with Crippen LogP contribution in [0.25, 0.3) is 16.3 Å². The first-order valence-electron chi connectivity index (χ1n) is 9.36. The molecule has 28 heavy (non-hydrogen) atoms. The topological polar surface area (TPSA) is 65.1 Å². The van der Waals surface area contributed by atoms with Crippen LogP contribution in [0.15, 0.2) is 33.0 Å². The number of aromatic nitrogens is 5. The highest BCUT2D eigenvalue weighted by molar-refractivity contribution is 7.98. The van der Waals surface area contributed by atoms with Crippen LogP contribution in [-0.2, 0) is 25.1 Å². The van der Waals surface area contributed by atoms with Crippen LogP contribution in [0.5, 0.6) is 0 Å². The van der Waals surface area contributed by atoms with E-state index in [4.69, 9.17) is 0 Å². The van der Waals surface area contributed by atoms with Gasteiger partial charge in [-0.05, 0) is 38.2 Å². The van der Waals surface area contributed by atoms with Crippen LogP contribution in [0.2, 0.25) is 0 Å². The quantitative estimate of drug-likeness (QED) is 0.443. The number of thiazole rings is 1. The molecule has 0 aliphatic heterocycles. The highest BCUT2D eigenvalue weighted by Gasteiger charge is 2.21. The van der Waals surface area contributed by atoms with E-state index in [1.54, 1.807) is 28.4 Å². The molecule has 6 nitrogen and oxygen atoms in total. The van der Waals surface area contributed by atoms with Crippen molar-refractivity contribution in [2.75, 3.05) is 0 Å². The summed E-state index contributed by atoms with van der Waals surface area (Å²) in [4.78, 5) is 19.0. The molecular weight excluding hydrogens is 410 g/mol. The van der Waals surface area contributed by atoms with Gasteiger partial charge < -0.3 is 4.57 Å². The van der Waals surface area contributed by atoms with Gasteiger partial charge in [0.1, 0.15) is 0 Å². The maximum atomic E-state index is 12.2. The molecule has 0 fully saturated rings. The summed E-state index contributed by atoms with van der Waals surface area (Å²) in [6, 6.07) is 1.61. The first-order valence-corrected chi connectivity index (χ1v) is 12.1. The third-order valence-corrected chi connectivity index (χ3v) is 7.89. The summed E-state index contributed by atoms with van der Waals surface area (Å²) in [5.41, 5.74) is 3.45. The van der Waals surface area contributed by atoms with Crippen LogP contribution >= 0.6 is 34.4 Å². The van der Waals surface area contributed by atoms with Gasteiger partial charge in [-0.3, -0.25) is 9.20 Å². The molecule has 4 aromatic rings. The van der Waals surface area contributed by atoms with Crippen LogP contribution in [0.3, 0.4) is 0 Å². The lowest BCUT2D eigenvalue weighted by molar-refractivity contribution is 0.680. The Morgan fingerprint density at radius 3 is 3.00 bits per heavy atom. The molecule has 0 saturated heterocycles. The molecule has 9 heteroatoms. The van der Waals surface area contributed by atoms with Crippen molar-refractivity contribution in [2.24, 2.45) is 0 Å². The number of aryl methyl sites for hydroxylation is 1. The number of hydrogen-bond acceptors (Lipinski definition) is 7. The first-order chi connectivity index (χ1) is 13.7. The van der Waals surface area contributed by atoms with Crippen molar-refractivity contribution in [1.29, 1.82) is 0 Å². The first kappa shape index (κ1) is 18.1. The van der Waals surface area contributed by atoms with Crippen LogP contribution in [0.1, 0.15) is 35.9 Å². The van der Waals surface area contributed by atoms with E-state index in [-0.39, 0.29) is 5.56 Å². The fourth-order valence-corrected chi connectivity index (χ4v) is 6.42. The second-order valence-corrected chi connectivity index (χ2v) is 9.52. The van der Waals surface area contributed by atoms with E-state index in [1.165, 1.54) is 46.6 Å². The van der Waals surface area contributed by atoms with Gasteiger partial charge in [0, 0.05) is 45.8 Å². The second-order valence-electron chi connectivity index (χ2n) is 6.74. The molecule has 0 N–H and O–H groups in total. The Morgan fingerprint density at radius 1 is 1.21 bits per heavy atom. The van der Waals surface area contributed by atoms with E-state index in [0.29, 0.717) is 5.75 Å². The molecule has 4 heterocycles. The molecule has 0 saturated carbocycles. The molecular formula is C19H19N5OS3. The van der Waals surface area contributed by atoms with Crippen molar-refractivity contribution in [3.05, 3.63) is 49.5 Å². The van der Waals surface area contributed by atoms with Gasteiger partial charge in [0.05, 0.1) is 5.69 Å². The number of nitrogens with zero attached hydrogens (tertiary/aromatic N) is 5. The third-order valence-electron chi connectivity index (χ3n) is 5.04. The number of thiophene rings is 1. The maximum Gasteiger partial charge on any atom is 0.258 e. The van der Waals surface area contributed by atoms with E-state index < -0.39 is 0 Å². The predicted molar refractivity (Wildman–Crippen MR) is 115 cm³/mol. The van der Waals surface area contributed by atoms with Crippen molar-refractivity contribution in [3.8, 4) is 11.4 Å². The molecule has 0 amide bonds. The Hall–Kier alpha value is -1.97. The van der Waals surface area contributed by atoms with E-state index >= 15 is 0 Å². The summed E-state index contributed by atoms with van der Waals surface area (Å²) in [5.74, 6) is 1.56. The Balaban J connectivity index is 1.43. The minimum atomic E-state index is -0.0376. The van der Waals surface area contributed by atoms with E-state index in [2.05, 4.69) is 32.1 Å². The number of rotatable bonds is 5. The summed E-state index contributed by atoms with van der Waals surface area (Å²) in [6.45, 7) is 2.94. The van der Waals surface area contributed by atoms with E-state index in [0.717, 1.165) is 34.6 Å². The van der Waals surface area contributed by atoms with Crippen LogP contribution < -0.4 is 5.56 Å². The Kier molecular flexibility index (Phi) is 4.82. The Bertz CT molecular complexity index is 1200. The summed E-state index contributed by atoms with van der Waals surface area (Å²) in [7, 11) is 0. The van der Waals surface area contributed by atoms with E-state index in [1.807, 2.05) is 16.7 Å². The van der Waals surface area contributed by atoms with Gasteiger partial charge >= 0.3 is 0 Å². The molecule has 1 aliphatic carbocycles. The molecule has 0 spiro atoms. The second kappa shape index (κ2) is 7.46. The highest BCUT2D eigenvalue weighted by atomic mass is 32.2. The van der Waals surface area contributed by atoms with Crippen molar-refractivity contribution >= 4 is 39.4 Å². The summed E-state index contributed by atoms with van der Waals surface area (Å²) >= 11 is 4.91. The van der Waals surface area contributed by atoms with Crippen LogP contribution in [-0.4, -0.2) is 24.1 Å². The zero-order valence-electron chi connectivity index (χ0n) is 15.4. The van der Waals surface area contributed by atoms with Gasteiger partial charge in [0.25, 0.3) is 5.56 Å². The smallest absolute Gasteiger partial charge is 0.258 e. The largest absolute Gasteiger partial charge is 0.302 e. The summed E-state index contributed by atoms with van der Waals surface area (Å²) in [6.07, 6.45) is 6.63. The summed E-state index contributed by atoms with van der Waals surface area (Å²) < 4.78 is 3.75. The number of thioether (sulfide) groups is 1. The lowest BCUT2D eigenvalue weighted by Gasteiger charge is -2.13. The van der Waals surface area contributed by atoms with Gasteiger partial charge in [0.2, 0.25) is 0 Å². The van der Waals surface area contributed by atoms with Crippen molar-refractivity contribution < 1.29 is 0 Å². The fourth-order valence-electron chi connectivity index (χ4n) is 3.66. The Morgan fingerprint density at radius 2 is 2.11 bits per heavy atom. The van der Waals surface area contributed by atoms with Crippen molar-refractivity contribution in [3.63, 3.8) is 0 Å². The van der Waals surface area contributed by atoms with Gasteiger partial charge in [0.15, 0.2) is 15.9 Å². The maximum absolute atomic E-state index is 12.2. The number of fused-ring (bicyclic) bond motifs is 2. The molecule has 5 rings (SSSR count). The fraction of sp³-hybridized carbons (Fsp3) is 0.368. The summed E-state index contributed by atoms with van der Waals surface area (Å²) in [5, 5.41) is 14.0. The average molecular weight is 430 g/mol. The van der Waals surface area contributed by atoms with Gasteiger partial charge in [-0.2, -0.15) is 0 Å². The molecule has 144 valence electrons. The third kappa shape index (κ3) is 3.11. The van der Waals surface area contributed by atoms with Gasteiger partial charge in [-0.1, -0.05) is 11.8 Å². The minimum absolute atomic E-state index is 0.0376. The van der Waals surface area contributed by atoms with Crippen molar-refractivity contribution in [1.82, 2.24) is 24.1 Å². The van der Waals surface area contributed by atoms with Crippen LogP contribution in [0, 0.1) is 0 Å². The minimum Gasteiger partial charge on any atom is -0.302 e. The molecule has 0 bridgehead atoms. The lowest BCUT2D eigenvalue weighted by atomic mass is 9.96. The van der Waals surface area contributed by atoms with Gasteiger partial charge in [-0.15, -0.1) is 32.9 Å². The molecule has 0 aromatic carbocycles. The van der Waals surface area contributed by atoms with Gasteiger partial charge in [-0.25, -0.2) is 4.98 Å². The predicted octanol–water partition coefficient (Wildman–Crippen LogP) is 4.27. The lowest BCUT2D eigenvalue weighted by Crippen LogP contribution is -2.12. The monoisotopic (exact) mass is 429 g/mol. The SMILES string of the molecule is CCn1c(SCc2cc(=O)n3ccsc3n2)nnc1-c1csc2c1CCCC2. The Labute approximate surface area is 174 Å². The zero-order valence-corrected chi connectivity index (χ0v) is 17.9. The standard InChI is InChI=1S/C19H19N5OS3/c1-2-23-17(14-11-27-15-6-4-3-5-13(14)15)21-22-19(23)28-10-12-9-16(25)24-7-8-26-18(24)20-12/h7-9,11H,2-6,10H2,1H3. The molecule has 1 aliphatic rings. The average Bonchev–Trinajstić information content (AvgIpc) is 3.43. The van der Waals surface area contributed by atoms with Crippen molar-refractivity contribution in [2.45, 2.75) is 50.1 Å². The molecule has 4 aromatic heterocycles. The molecule has 0 atom stereocenters. The number of hydrogen-bond donors (Lipinski definition) is 0. The zero-order chi connectivity index (χ0) is 19.1.